The summed E-state index contributed by atoms with van der Waals surface area (Å²) >= 11 is 6.06. The summed E-state index contributed by atoms with van der Waals surface area (Å²) in [6, 6.07) is 27.8. The third kappa shape index (κ3) is 7.31. The van der Waals surface area contributed by atoms with Gasteiger partial charge in [-0.3, -0.25) is 13.9 Å². The first-order valence-corrected chi connectivity index (χ1v) is 14.6. The highest BCUT2D eigenvalue weighted by Crippen LogP contribution is 2.26. The number of nitrogens with one attached hydrogen (secondary N) is 1. The van der Waals surface area contributed by atoms with Gasteiger partial charge in [-0.2, -0.15) is 0 Å². The van der Waals surface area contributed by atoms with E-state index in [4.69, 9.17) is 11.6 Å². The van der Waals surface area contributed by atoms with E-state index >= 15 is 0 Å². The lowest BCUT2D eigenvalue weighted by molar-refractivity contribution is -0.139. The molecule has 41 heavy (non-hydrogen) atoms. The first-order valence-electron chi connectivity index (χ1n) is 12.8. The normalized spacial score (nSPS) is 11.9. The SMILES string of the molecule is CNC(=O)[C@@H](Cc1ccccc1)N(Cc1ccccc1F)C(=O)CN(c1ccc(Cl)cc1)S(=O)(=O)c1ccccc1. The molecule has 0 radical (unpaired) electrons. The summed E-state index contributed by atoms with van der Waals surface area (Å²) in [6.07, 6.45) is 0.132. The van der Waals surface area contributed by atoms with Crippen molar-refractivity contribution in [3.8, 4) is 0 Å². The number of hydrogen-bond acceptors (Lipinski definition) is 4. The predicted molar refractivity (Wildman–Crippen MR) is 157 cm³/mol. The van der Waals surface area contributed by atoms with E-state index in [1.165, 1.54) is 66.5 Å². The molecule has 1 atom stereocenters. The molecule has 2 amide bonds. The Hall–Kier alpha value is -4.21. The Morgan fingerprint density at radius 2 is 1.44 bits per heavy atom. The van der Waals surface area contributed by atoms with Crippen molar-refractivity contribution in [2.45, 2.75) is 23.9 Å². The van der Waals surface area contributed by atoms with Gasteiger partial charge in [0.2, 0.25) is 11.8 Å². The minimum absolute atomic E-state index is 0.0180. The average Bonchev–Trinajstić information content (AvgIpc) is 2.99. The van der Waals surface area contributed by atoms with Crippen molar-refractivity contribution in [1.82, 2.24) is 10.2 Å². The van der Waals surface area contributed by atoms with Crippen molar-refractivity contribution < 1.29 is 22.4 Å². The molecule has 0 aliphatic carbocycles. The monoisotopic (exact) mass is 593 g/mol. The summed E-state index contributed by atoms with van der Waals surface area (Å²) in [4.78, 5) is 28.5. The van der Waals surface area contributed by atoms with Gasteiger partial charge < -0.3 is 10.2 Å². The second-order valence-corrected chi connectivity index (χ2v) is 11.5. The van der Waals surface area contributed by atoms with Gasteiger partial charge in [0.15, 0.2) is 0 Å². The Balaban J connectivity index is 1.78. The van der Waals surface area contributed by atoms with Gasteiger partial charge in [-0.1, -0.05) is 78.3 Å². The van der Waals surface area contributed by atoms with Gasteiger partial charge >= 0.3 is 0 Å². The van der Waals surface area contributed by atoms with Crippen molar-refractivity contribution >= 4 is 39.1 Å². The highest BCUT2D eigenvalue weighted by Gasteiger charge is 2.34. The van der Waals surface area contributed by atoms with Crippen molar-refractivity contribution in [3.05, 3.63) is 131 Å². The molecule has 0 saturated carbocycles. The molecule has 1 N–H and O–H groups in total. The number of sulfonamides is 1. The van der Waals surface area contributed by atoms with Crippen LogP contribution in [0.4, 0.5) is 10.1 Å². The van der Waals surface area contributed by atoms with Gasteiger partial charge in [0.1, 0.15) is 18.4 Å². The zero-order valence-corrected chi connectivity index (χ0v) is 23.9. The maximum Gasteiger partial charge on any atom is 0.264 e. The number of hydrogen-bond donors (Lipinski definition) is 1. The molecule has 0 fully saturated rings. The first-order chi connectivity index (χ1) is 19.7. The Bertz CT molecular complexity index is 1590. The quantitative estimate of drug-likeness (QED) is 0.263. The van der Waals surface area contributed by atoms with Crippen LogP contribution < -0.4 is 9.62 Å². The van der Waals surface area contributed by atoms with Crippen LogP contribution in [0.15, 0.2) is 114 Å². The van der Waals surface area contributed by atoms with E-state index in [9.17, 15) is 22.4 Å². The minimum atomic E-state index is -4.22. The number of rotatable bonds is 11. The smallest absolute Gasteiger partial charge is 0.264 e. The Morgan fingerprint density at radius 1 is 0.854 bits per heavy atom. The second kappa shape index (κ2) is 13.4. The van der Waals surface area contributed by atoms with E-state index in [1.807, 2.05) is 30.3 Å². The van der Waals surface area contributed by atoms with Crippen LogP contribution in [0, 0.1) is 5.82 Å². The highest BCUT2D eigenvalue weighted by atomic mass is 35.5. The third-order valence-electron chi connectivity index (χ3n) is 6.54. The molecule has 0 heterocycles. The fourth-order valence-corrected chi connectivity index (χ4v) is 5.95. The van der Waals surface area contributed by atoms with Crippen molar-refractivity contribution in [2.24, 2.45) is 0 Å². The van der Waals surface area contributed by atoms with Crippen molar-refractivity contribution in [1.29, 1.82) is 0 Å². The van der Waals surface area contributed by atoms with Crippen LogP contribution in [0.1, 0.15) is 11.1 Å². The first kappa shape index (κ1) is 29.8. The zero-order valence-electron chi connectivity index (χ0n) is 22.3. The number of carbonyl (C=O) groups excluding carboxylic acids is 2. The second-order valence-electron chi connectivity index (χ2n) is 9.23. The van der Waals surface area contributed by atoms with Crippen LogP contribution in [-0.2, 0) is 32.6 Å². The van der Waals surface area contributed by atoms with Gasteiger partial charge in [-0.15, -0.1) is 0 Å². The molecule has 4 aromatic rings. The van der Waals surface area contributed by atoms with Crippen LogP contribution in [0.3, 0.4) is 0 Å². The van der Waals surface area contributed by atoms with Crippen LogP contribution in [0.25, 0.3) is 0 Å². The number of halogens is 2. The Morgan fingerprint density at radius 3 is 2.05 bits per heavy atom. The number of amides is 2. The molecular weight excluding hydrogens is 565 g/mol. The fourth-order valence-electron chi connectivity index (χ4n) is 4.39. The summed E-state index contributed by atoms with van der Waals surface area (Å²) < 4.78 is 43.4. The number of nitrogens with zero attached hydrogens (tertiary/aromatic N) is 2. The van der Waals surface area contributed by atoms with Gasteiger partial charge in [0.25, 0.3) is 10.0 Å². The maximum atomic E-state index is 14.8. The minimum Gasteiger partial charge on any atom is -0.357 e. The molecule has 0 spiro atoms. The molecule has 4 aromatic carbocycles. The van der Waals surface area contributed by atoms with Crippen LogP contribution in [0.2, 0.25) is 5.02 Å². The lowest BCUT2D eigenvalue weighted by Crippen LogP contribution is -2.53. The lowest BCUT2D eigenvalue weighted by atomic mass is 10.0. The van der Waals surface area contributed by atoms with Crippen molar-refractivity contribution in [3.63, 3.8) is 0 Å². The zero-order chi connectivity index (χ0) is 29.4. The van der Waals surface area contributed by atoms with Crippen LogP contribution in [0.5, 0.6) is 0 Å². The molecule has 7 nitrogen and oxygen atoms in total. The number of carbonyl (C=O) groups is 2. The van der Waals surface area contributed by atoms with Gasteiger partial charge in [-0.25, -0.2) is 12.8 Å². The van der Waals surface area contributed by atoms with Gasteiger partial charge in [0.05, 0.1) is 10.6 Å². The standard InChI is InChI=1S/C31H29ClFN3O4S/c1-34-31(38)29(20-23-10-4-2-5-11-23)35(21-24-12-8-9-15-28(24)33)30(37)22-36(26-18-16-25(32)17-19-26)41(39,40)27-13-6-3-7-14-27/h2-19,29H,20-22H2,1H3,(H,34,38)/t29-/m1/s1. The molecule has 0 saturated heterocycles. The summed E-state index contributed by atoms with van der Waals surface area (Å²) in [5, 5.41) is 2.98. The molecule has 0 aromatic heterocycles. The summed E-state index contributed by atoms with van der Waals surface area (Å²) in [6.45, 7) is -0.897. The highest BCUT2D eigenvalue weighted by molar-refractivity contribution is 7.92. The van der Waals surface area contributed by atoms with Crippen LogP contribution >= 0.6 is 11.6 Å². The molecule has 0 aliphatic heterocycles. The summed E-state index contributed by atoms with van der Waals surface area (Å²) in [7, 11) is -2.77. The molecule has 0 bridgehead atoms. The molecule has 212 valence electrons. The molecular formula is C31H29ClFN3O4S. The van der Waals surface area contributed by atoms with E-state index < -0.39 is 40.2 Å². The van der Waals surface area contributed by atoms with Crippen LogP contribution in [-0.4, -0.2) is 44.8 Å². The largest absolute Gasteiger partial charge is 0.357 e. The average molecular weight is 594 g/mol. The third-order valence-corrected chi connectivity index (χ3v) is 8.58. The molecule has 10 heteroatoms. The number of benzene rings is 4. The molecule has 0 aliphatic rings. The predicted octanol–water partition coefficient (Wildman–Crippen LogP) is 5.06. The van der Waals surface area contributed by atoms with Crippen molar-refractivity contribution in [2.75, 3.05) is 17.9 Å². The molecule has 0 unspecified atom stereocenters. The number of anilines is 1. The molecule has 4 rings (SSSR count). The summed E-state index contributed by atoms with van der Waals surface area (Å²) in [5.74, 6) is -1.71. The van der Waals surface area contributed by atoms with E-state index in [-0.39, 0.29) is 29.1 Å². The van der Waals surface area contributed by atoms with E-state index in [0.717, 1.165) is 9.87 Å². The van der Waals surface area contributed by atoms with E-state index in [0.29, 0.717) is 5.02 Å². The fraction of sp³-hybridized carbons (Fsp3) is 0.161. The number of likely N-dealkylation sites (N-methyl/N-ethyl adjacent to an activating group) is 1. The van der Waals surface area contributed by atoms with E-state index in [1.54, 1.807) is 24.3 Å². The maximum absolute atomic E-state index is 14.8. The summed E-state index contributed by atoms with van der Waals surface area (Å²) in [5.41, 5.74) is 1.17. The lowest BCUT2D eigenvalue weighted by Gasteiger charge is -2.33. The van der Waals surface area contributed by atoms with E-state index in [2.05, 4.69) is 5.32 Å². The Labute approximate surface area is 244 Å². The van der Waals surface area contributed by atoms with Gasteiger partial charge in [-0.05, 0) is 48.0 Å². The Kier molecular flexibility index (Phi) is 9.75. The van der Waals surface area contributed by atoms with Gasteiger partial charge in [0, 0.05) is 30.6 Å². The topological polar surface area (TPSA) is 86.8 Å².